The summed E-state index contributed by atoms with van der Waals surface area (Å²) in [6, 6.07) is -0.0652. The molecule has 146 valence electrons. The number of carbonyl (C=O) groups excluding carboxylic acids is 2. The number of hydrogen-bond donors (Lipinski definition) is 1. The highest BCUT2D eigenvalue weighted by Gasteiger charge is 2.48. The molecule has 1 rings (SSSR count). The first-order chi connectivity index (χ1) is 11.6. The Hall–Kier alpha value is -1.26. The fourth-order valence-electron chi connectivity index (χ4n) is 4.55. The molecule has 0 aromatic heterocycles. The van der Waals surface area contributed by atoms with Crippen molar-refractivity contribution in [3.63, 3.8) is 0 Å². The lowest BCUT2D eigenvalue weighted by Gasteiger charge is -2.35. The second-order valence-electron chi connectivity index (χ2n) is 8.49. The summed E-state index contributed by atoms with van der Waals surface area (Å²) in [5.41, 5.74) is -0.535. The van der Waals surface area contributed by atoms with Crippen LogP contribution >= 0.6 is 0 Å². The minimum Gasteiger partial charge on any atom is -0.469 e. The third-order valence-corrected chi connectivity index (χ3v) is 5.82. The van der Waals surface area contributed by atoms with Gasteiger partial charge in [0.05, 0.1) is 13.0 Å². The number of amides is 1. The van der Waals surface area contributed by atoms with Crippen molar-refractivity contribution in [2.24, 2.45) is 29.6 Å². The van der Waals surface area contributed by atoms with Gasteiger partial charge in [0, 0.05) is 6.04 Å². The summed E-state index contributed by atoms with van der Waals surface area (Å²) in [6.07, 6.45) is 2.41. The van der Waals surface area contributed by atoms with Crippen molar-refractivity contribution in [2.75, 3.05) is 7.11 Å². The van der Waals surface area contributed by atoms with Crippen molar-refractivity contribution in [2.45, 2.75) is 79.4 Å². The number of ether oxygens (including phenoxy) is 2. The molecule has 1 aliphatic carbocycles. The molecule has 0 spiro atoms. The first-order valence-electron chi connectivity index (χ1n) is 9.62. The van der Waals surface area contributed by atoms with Gasteiger partial charge in [-0.25, -0.2) is 4.79 Å². The summed E-state index contributed by atoms with van der Waals surface area (Å²) in [4.78, 5) is 24.5. The van der Waals surface area contributed by atoms with Crippen LogP contribution in [0.4, 0.5) is 4.79 Å². The summed E-state index contributed by atoms with van der Waals surface area (Å²) in [7, 11) is 1.43. The molecule has 25 heavy (non-hydrogen) atoms. The Bertz CT molecular complexity index is 453. The minimum atomic E-state index is -0.535. The second kappa shape index (κ2) is 8.91. The molecule has 1 unspecified atom stereocenters. The van der Waals surface area contributed by atoms with Gasteiger partial charge in [-0.3, -0.25) is 4.79 Å². The van der Waals surface area contributed by atoms with Crippen molar-refractivity contribution in [1.82, 2.24) is 5.32 Å². The third kappa shape index (κ3) is 5.61. The minimum absolute atomic E-state index is 0.0652. The van der Waals surface area contributed by atoms with E-state index >= 15 is 0 Å². The monoisotopic (exact) mass is 355 g/mol. The number of nitrogens with one attached hydrogen (secondary N) is 1. The quantitative estimate of drug-likeness (QED) is 0.717. The molecule has 5 atom stereocenters. The second-order valence-corrected chi connectivity index (χ2v) is 8.49. The van der Waals surface area contributed by atoms with Gasteiger partial charge in [-0.15, -0.1) is 0 Å². The first-order valence-corrected chi connectivity index (χ1v) is 9.62. The maximum atomic E-state index is 12.3. The summed E-state index contributed by atoms with van der Waals surface area (Å²) in [6.45, 7) is 14.3. The lowest BCUT2D eigenvalue weighted by molar-refractivity contribution is -0.146. The number of methoxy groups -OCH3 is 1. The number of rotatable bonds is 6. The molecule has 1 saturated carbocycles. The van der Waals surface area contributed by atoms with E-state index in [9.17, 15) is 9.59 Å². The maximum absolute atomic E-state index is 12.3. The molecule has 1 aliphatic rings. The molecule has 0 saturated heterocycles. The van der Waals surface area contributed by atoms with E-state index in [1.54, 1.807) is 0 Å². The maximum Gasteiger partial charge on any atom is 0.407 e. The van der Waals surface area contributed by atoms with Gasteiger partial charge in [-0.2, -0.15) is 0 Å². The molecule has 0 aromatic rings. The number of carbonyl (C=O) groups is 2. The van der Waals surface area contributed by atoms with Crippen LogP contribution in [-0.2, 0) is 14.3 Å². The Morgan fingerprint density at radius 3 is 2.20 bits per heavy atom. The van der Waals surface area contributed by atoms with Crippen molar-refractivity contribution in [3.05, 3.63) is 0 Å². The van der Waals surface area contributed by atoms with E-state index in [-0.39, 0.29) is 29.8 Å². The van der Waals surface area contributed by atoms with E-state index in [0.29, 0.717) is 18.3 Å². The van der Waals surface area contributed by atoms with Crippen LogP contribution in [0.5, 0.6) is 0 Å². The molecule has 1 amide bonds. The highest BCUT2D eigenvalue weighted by molar-refractivity contribution is 5.74. The molecule has 1 fully saturated rings. The van der Waals surface area contributed by atoms with Crippen molar-refractivity contribution in [3.8, 4) is 0 Å². The Balaban J connectivity index is 3.00. The number of alkyl carbamates (subject to hydrolysis) is 1. The van der Waals surface area contributed by atoms with Crippen molar-refractivity contribution in [1.29, 1.82) is 0 Å². The highest BCUT2D eigenvalue weighted by atomic mass is 16.6. The fraction of sp³-hybridized carbons (Fsp3) is 0.900. The molecule has 0 aliphatic heterocycles. The van der Waals surface area contributed by atoms with Crippen LogP contribution in [0.15, 0.2) is 0 Å². The van der Waals surface area contributed by atoms with Crippen molar-refractivity contribution < 1.29 is 19.1 Å². The van der Waals surface area contributed by atoms with Crippen LogP contribution in [0, 0.1) is 29.6 Å². The van der Waals surface area contributed by atoms with E-state index in [1.165, 1.54) is 7.11 Å². The van der Waals surface area contributed by atoms with E-state index in [0.717, 1.165) is 12.8 Å². The van der Waals surface area contributed by atoms with E-state index in [1.807, 2.05) is 20.8 Å². The first kappa shape index (κ1) is 21.8. The highest BCUT2D eigenvalue weighted by Crippen LogP contribution is 2.45. The summed E-state index contributed by atoms with van der Waals surface area (Å²) in [5.74, 6) is 1.05. The molecular formula is C20H37NO4. The Kier molecular flexibility index (Phi) is 7.76. The number of hydrogen-bond acceptors (Lipinski definition) is 4. The van der Waals surface area contributed by atoms with Gasteiger partial charge in [0.15, 0.2) is 0 Å². The lowest BCUT2D eigenvalue weighted by Crippen LogP contribution is -2.44. The Morgan fingerprint density at radius 2 is 1.76 bits per heavy atom. The molecular weight excluding hydrogens is 318 g/mol. The molecule has 0 heterocycles. The van der Waals surface area contributed by atoms with Crippen LogP contribution in [-0.4, -0.2) is 30.8 Å². The topological polar surface area (TPSA) is 64.6 Å². The fourth-order valence-corrected chi connectivity index (χ4v) is 4.55. The van der Waals surface area contributed by atoms with Crippen LogP contribution in [0.25, 0.3) is 0 Å². The van der Waals surface area contributed by atoms with Gasteiger partial charge >= 0.3 is 12.1 Å². The summed E-state index contributed by atoms with van der Waals surface area (Å²) in [5, 5.41) is 3.04. The van der Waals surface area contributed by atoms with Crippen LogP contribution in [0.3, 0.4) is 0 Å². The summed E-state index contributed by atoms with van der Waals surface area (Å²) < 4.78 is 10.4. The molecule has 5 heteroatoms. The van der Waals surface area contributed by atoms with Gasteiger partial charge < -0.3 is 14.8 Å². The van der Waals surface area contributed by atoms with Gasteiger partial charge in [-0.05, 0) is 50.9 Å². The molecule has 0 aromatic carbocycles. The standard InChI is InChI=1S/C20H37NO4/c1-9-14(10-2)12(3)17-13(4)15(18(22)24-8)11-16(17)21-19(23)25-20(5,6)7/h12-17H,9-11H2,1-8H3,(H,21,23)/t12?,13-,15+,16-,17-/m1/s1. The van der Waals surface area contributed by atoms with E-state index in [2.05, 4.69) is 33.0 Å². The van der Waals surface area contributed by atoms with Gasteiger partial charge in [0.2, 0.25) is 0 Å². The van der Waals surface area contributed by atoms with Crippen LogP contribution < -0.4 is 5.32 Å². The average Bonchev–Trinajstić information content (AvgIpc) is 2.81. The van der Waals surface area contributed by atoms with Gasteiger partial charge in [0.25, 0.3) is 0 Å². The third-order valence-electron chi connectivity index (χ3n) is 5.82. The van der Waals surface area contributed by atoms with Crippen molar-refractivity contribution >= 4 is 12.1 Å². The Labute approximate surface area is 153 Å². The van der Waals surface area contributed by atoms with Crippen LogP contribution in [0.1, 0.15) is 67.7 Å². The van der Waals surface area contributed by atoms with E-state index < -0.39 is 11.7 Å². The van der Waals surface area contributed by atoms with Gasteiger partial charge in [-0.1, -0.05) is 40.5 Å². The smallest absolute Gasteiger partial charge is 0.407 e. The van der Waals surface area contributed by atoms with E-state index in [4.69, 9.17) is 9.47 Å². The zero-order valence-electron chi connectivity index (χ0n) is 17.2. The molecule has 0 bridgehead atoms. The summed E-state index contributed by atoms with van der Waals surface area (Å²) >= 11 is 0. The number of esters is 1. The lowest BCUT2D eigenvalue weighted by atomic mass is 9.73. The SMILES string of the molecule is CCC(CC)C(C)[C@@H]1[C@H](C)[C@@H](C(=O)OC)C[C@H]1NC(=O)OC(C)(C)C. The van der Waals surface area contributed by atoms with Gasteiger partial charge in [0.1, 0.15) is 5.60 Å². The average molecular weight is 356 g/mol. The zero-order chi connectivity index (χ0) is 19.4. The predicted octanol–water partition coefficient (Wildman–Crippen LogP) is 4.40. The largest absolute Gasteiger partial charge is 0.469 e. The molecule has 5 nitrogen and oxygen atoms in total. The molecule has 1 N–H and O–H groups in total. The zero-order valence-corrected chi connectivity index (χ0v) is 17.2. The van der Waals surface area contributed by atoms with Crippen LogP contribution in [0.2, 0.25) is 0 Å². The molecule has 0 radical (unpaired) electrons. The predicted molar refractivity (Wildman–Crippen MR) is 99.2 cm³/mol. The Morgan fingerprint density at radius 1 is 1.20 bits per heavy atom. The normalized spacial score (nSPS) is 27.9.